The molecule has 1 aliphatic heterocycles. The van der Waals surface area contributed by atoms with E-state index in [0.29, 0.717) is 11.5 Å². The predicted molar refractivity (Wildman–Crippen MR) is 68.6 cm³/mol. The number of aromatic nitrogens is 1. The van der Waals surface area contributed by atoms with Gasteiger partial charge in [-0.2, -0.15) is 0 Å². The van der Waals surface area contributed by atoms with Crippen LogP contribution in [0.15, 0.2) is 18.5 Å². The Morgan fingerprint density at radius 2 is 2.35 bits per heavy atom. The molecule has 1 saturated heterocycles. The summed E-state index contributed by atoms with van der Waals surface area (Å²) in [6, 6.07) is 2.22. The monoisotopic (exact) mass is 256 g/mol. The Labute approximate surface area is 103 Å². The van der Waals surface area contributed by atoms with E-state index in [1.54, 1.807) is 0 Å². The van der Waals surface area contributed by atoms with Crippen LogP contribution in [0, 0.1) is 0 Å². The SMILES string of the molecule is CCCn1ccc(CNC2CCS(=O)(=O)C2)c1. The van der Waals surface area contributed by atoms with Gasteiger partial charge in [-0.25, -0.2) is 8.42 Å². The predicted octanol–water partition coefficient (Wildman–Crippen LogP) is 1.17. The van der Waals surface area contributed by atoms with Gasteiger partial charge in [0.1, 0.15) is 0 Å². The van der Waals surface area contributed by atoms with Gasteiger partial charge in [-0.3, -0.25) is 0 Å². The van der Waals surface area contributed by atoms with Crippen molar-refractivity contribution in [2.75, 3.05) is 11.5 Å². The lowest BCUT2D eigenvalue weighted by Crippen LogP contribution is -2.29. The summed E-state index contributed by atoms with van der Waals surface area (Å²) in [4.78, 5) is 0. The summed E-state index contributed by atoms with van der Waals surface area (Å²) in [6.07, 6.45) is 6.08. The van der Waals surface area contributed by atoms with Crippen LogP contribution in [0.4, 0.5) is 0 Å². The molecule has 0 saturated carbocycles. The lowest BCUT2D eigenvalue weighted by atomic mass is 10.2. The van der Waals surface area contributed by atoms with Gasteiger partial charge in [0.15, 0.2) is 9.84 Å². The summed E-state index contributed by atoms with van der Waals surface area (Å²) >= 11 is 0. The third-order valence-electron chi connectivity index (χ3n) is 3.12. The Bertz CT molecular complexity index is 465. The minimum Gasteiger partial charge on any atom is -0.354 e. The van der Waals surface area contributed by atoms with Crippen molar-refractivity contribution in [2.45, 2.75) is 38.9 Å². The molecule has 96 valence electrons. The Balaban J connectivity index is 1.82. The largest absolute Gasteiger partial charge is 0.354 e. The molecule has 5 heteroatoms. The average molecular weight is 256 g/mol. The van der Waals surface area contributed by atoms with Crippen molar-refractivity contribution in [3.63, 3.8) is 0 Å². The van der Waals surface area contributed by atoms with Crippen LogP contribution in [0.3, 0.4) is 0 Å². The maximum atomic E-state index is 11.3. The van der Waals surface area contributed by atoms with E-state index in [1.807, 2.05) is 0 Å². The first-order valence-corrected chi connectivity index (χ1v) is 7.99. The molecule has 0 radical (unpaired) electrons. The number of nitrogens with zero attached hydrogens (tertiary/aromatic N) is 1. The van der Waals surface area contributed by atoms with Crippen molar-refractivity contribution in [1.82, 2.24) is 9.88 Å². The number of sulfone groups is 1. The highest BCUT2D eigenvalue weighted by atomic mass is 32.2. The fraction of sp³-hybridized carbons (Fsp3) is 0.667. The van der Waals surface area contributed by atoms with Crippen molar-refractivity contribution in [2.24, 2.45) is 0 Å². The molecule has 1 unspecified atom stereocenters. The molecule has 1 aromatic rings. The third-order valence-corrected chi connectivity index (χ3v) is 4.89. The minimum atomic E-state index is -2.77. The van der Waals surface area contributed by atoms with Crippen LogP contribution in [0.1, 0.15) is 25.3 Å². The summed E-state index contributed by atoms with van der Waals surface area (Å²) in [5.74, 6) is 0.629. The van der Waals surface area contributed by atoms with E-state index >= 15 is 0 Å². The van der Waals surface area contributed by atoms with Crippen LogP contribution in [0.2, 0.25) is 0 Å². The maximum absolute atomic E-state index is 11.3. The highest BCUT2D eigenvalue weighted by molar-refractivity contribution is 7.91. The molecular formula is C12H20N2O2S. The van der Waals surface area contributed by atoms with Crippen LogP contribution in [-0.4, -0.2) is 30.5 Å². The van der Waals surface area contributed by atoms with Gasteiger partial charge in [0.2, 0.25) is 0 Å². The topological polar surface area (TPSA) is 51.1 Å². The average Bonchev–Trinajstić information content (AvgIpc) is 2.83. The van der Waals surface area contributed by atoms with Crippen LogP contribution >= 0.6 is 0 Å². The molecule has 0 amide bonds. The van der Waals surface area contributed by atoms with Crippen molar-refractivity contribution >= 4 is 9.84 Å². The summed E-state index contributed by atoms with van der Waals surface area (Å²) < 4.78 is 24.8. The summed E-state index contributed by atoms with van der Waals surface area (Å²) in [6.45, 7) is 3.95. The van der Waals surface area contributed by atoms with Crippen molar-refractivity contribution < 1.29 is 8.42 Å². The summed E-state index contributed by atoms with van der Waals surface area (Å²) in [5, 5.41) is 3.32. The number of aryl methyl sites for hydroxylation is 1. The Kier molecular flexibility index (Phi) is 3.89. The number of hydrogen-bond donors (Lipinski definition) is 1. The first-order valence-electron chi connectivity index (χ1n) is 6.17. The second kappa shape index (κ2) is 5.23. The highest BCUT2D eigenvalue weighted by Gasteiger charge is 2.27. The number of hydrogen-bond acceptors (Lipinski definition) is 3. The zero-order valence-electron chi connectivity index (χ0n) is 10.2. The summed E-state index contributed by atoms with van der Waals surface area (Å²) in [5.41, 5.74) is 1.22. The van der Waals surface area contributed by atoms with Crippen molar-refractivity contribution in [3.05, 3.63) is 24.0 Å². The van der Waals surface area contributed by atoms with Crippen LogP contribution in [0.25, 0.3) is 0 Å². The van der Waals surface area contributed by atoms with Gasteiger partial charge in [-0.05, 0) is 24.5 Å². The van der Waals surface area contributed by atoms with E-state index < -0.39 is 9.84 Å². The van der Waals surface area contributed by atoms with Crippen molar-refractivity contribution in [3.8, 4) is 0 Å². The zero-order chi connectivity index (χ0) is 12.3. The molecule has 0 aliphatic carbocycles. The highest BCUT2D eigenvalue weighted by Crippen LogP contribution is 2.12. The first kappa shape index (κ1) is 12.6. The minimum absolute atomic E-state index is 0.134. The molecule has 17 heavy (non-hydrogen) atoms. The molecule has 4 nitrogen and oxygen atoms in total. The van der Waals surface area contributed by atoms with E-state index in [1.165, 1.54) is 5.56 Å². The second-order valence-electron chi connectivity index (χ2n) is 4.74. The molecule has 0 bridgehead atoms. The van der Waals surface area contributed by atoms with Gasteiger partial charge >= 0.3 is 0 Å². The quantitative estimate of drug-likeness (QED) is 0.860. The molecule has 1 aromatic heterocycles. The van der Waals surface area contributed by atoms with Crippen LogP contribution < -0.4 is 5.32 Å². The number of rotatable bonds is 5. The van der Waals surface area contributed by atoms with Gasteiger partial charge in [-0.15, -0.1) is 0 Å². The van der Waals surface area contributed by atoms with Gasteiger partial charge in [0, 0.05) is 31.5 Å². The molecule has 1 N–H and O–H groups in total. The van der Waals surface area contributed by atoms with Gasteiger partial charge in [0.05, 0.1) is 11.5 Å². The molecule has 1 aliphatic rings. The second-order valence-corrected chi connectivity index (χ2v) is 6.97. The fourth-order valence-corrected chi connectivity index (χ4v) is 3.92. The van der Waals surface area contributed by atoms with E-state index in [4.69, 9.17) is 0 Å². The van der Waals surface area contributed by atoms with Gasteiger partial charge < -0.3 is 9.88 Å². The number of nitrogens with one attached hydrogen (secondary N) is 1. The first-order chi connectivity index (χ1) is 8.09. The van der Waals surface area contributed by atoms with E-state index in [2.05, 4.69) is 35.3 Å². The van der Waals surface area contributed by atoms with Crippen molar-refractivity contribution in [1.29, 1.82) is 0 Å². The Morgan fingerprint density at radius 3 is 3.00 bits per heavy atom. The van der Waals surface area contributed by atoms with E-state index in [-0.39, 0.29) is 6.04 Å². The molecule has 2 rings (SSSR count). The molecule has 0 aromatic carbocycles. The standard InChI is InChI=1S/C12H20N2O2S/c1-2-5-14-6-3-11(9-14)8-13-12-4-7-17(15,16)10-12/h3,6,9,12-13H,2,4-5,7-8,10H2,1H3. The van der Waals surface area contributed by atoms with Crippen LogP contribution in [-0.2, 0) is 22.9 Å². The van der Waals surface area contributed by atoms with Crippen LogP contribution in [0.5, 0.6) is 0 Å². The fourth-order valence-electron chi connectivity index (χ4n) is 2.21. The zero-order valence-corrected chi connectivity index (χ0v) is 11.0. The molecular weight excluding hydrogens is 236 g/mol. The Hall–Kier alpha value is -0.810. The smallest absolute Gasteiger partial charge is 0.151 e. The molecule has 2 heterocycles. The van der Waals surface area contributed by atoms with Gasteiger partial charge in [-0.1, -0.05) is 6.92 Å². The Morgan fingerprint density at radius 1 is 1.53 bits per heavy atom. The van der Waals surface area contributed by atoms with E-state index in [9.17, 15) is 8.42 Å². The summed E-state index contributed by atoms with van der Waals surface area (Å²) in [7, 11) is -2.77. The maximum Gasteiger partial charge on any atom is 0.151 e. The van der Waals surface area contributed by atoms with Gasteiger partial charge in [0.25, 0.3) is 0 Å². The lowest BCUT2D eigenvalue weighted by Gasteiger charge is -2.09. The lowest BCUT2D eigenvalue weighted by molar-refractivity contribution is 0.553. The molecule has 1 fully saturated rings. The molecule has 0 spiro atoms. The normalized spacial score (nSPS) is 23.0. The van der Waals surface area contributed by atoms with E-state index in [0.717, 1.165) is 25.9 Å². The third kappa shape index (κ3) is 3.57. The molecule has 1 atom stereocenters.